The van der Waals surface area contributed by atoms with Gasteiger partial charge in [0.25, 0.3) is 0 Å². The van der Waals surface area contributed by atoms with E-state index in [4.69, 9.17) is 0 Å². The number of fused-ring (bicyclic) bond motifs is 1. The number of aliphatic imine (C=N–C) groups is 1. The number of guanidine groups is 1. The Morgan fingerprint density at radius 1 is 1.30 bits per heavy atom. The maximum Gasteiger partial charge on any atom is 0.198 e. The molecule has 0 saturated heterocycles. The molecule has 0 saturated carbocycles. The van der Waals surface area contributed by atoms with Crippen molar-refractivity contribution in [2.24, 2.45) is 4.99 Å². The van der Waals surface area contributed by atoms with Crippen molar-refractivity contribution in [3.8, 4) is 0 Å². The SMILES string of the molecule is CCNC(=NCC(O)c1ccncc1)N1CCc2ccccc21. The van der Waals surface area contributed by atoms with Crippen LogP contribution in [-0.4, -0.2) is 35.7 Å². The average Bonchev–Trinajstić information content (AvgIpc) is 3.03. The fourth-order valence-electron chi connectivity index (χ4n) is 2.82. The summed E-state index contributed by atoms with van der Waals surface area (Å²) in [6.45, 7) is 4.08. The number of aliphatic hydroxyl groups excluding tert-OH is 1. The number of aromatic nitrogens is 1. The summed E-state index contributed by atoms with van der Waals surface area (Å²) in [5, 5.41) is 13.6. The number of benzene rings is 1. The predicted octanol–water partition coefficient (Wildman–Crippen LogP) is 2.14. The lowest BCUT2D eigenvalue weighted by atomic mass is 10.1. The Kier molecular flexibility index (Phi) is 4.88. The third-order valence-electron chi connectivity index (χ3n) is 3.98. The van der Waals surface area contributed by atoms with E-state index < -0.39 is 6.10 Å². The molecule has 0 spiro atoms. The maximum atomic E-state index is 10.3. The molecule has 0 bridgehead atoms. The van der Waals surface area contributed by atoms with Gasteiger partial charge in [0.05, 0.1) is 12.6 Å². The zero-order chi connectivity index (χ0) is 16.1. The molecule has 3 rings (SSSR count). The maximum absolute atomic E-state index is 10.3. The fourth-order valence-corrected chi connectivity index (χ4v) is 2.82. The standard InChI is InChI=1S/C18H22N4O/c1-2-20-18(21-13-17(23)15-7-10-19-11-8-15)22-12-9-14-5-3-4-6-16(14)22/h3-8,10-11,17,23H,2,9,12-13H2,1H3,(H,20,21). The lowest BCUT2D eigenvalue weighted by molar-refractivity contribution is 0.187. The monoisotopic (exact) mass is 310 g/mol. The molecule has 1 aromatic heterocycles. The summed E-state index contributed by atoms with van der Waals surface area (Å²) in [4.78, 5) is 10.8. The van der Waals surface area contributed by atoms with E-state index in [0.29, 0.717) is 6.54 Å². The molecule has 23 heavy (non-hydrogen) atoms. The van der Waals surface area contributed by atoms with Crippen LogP contribution in [0.4, 0.5) is 5.69 Å². The minimum Gasteiger partial charge on any atom is -0.386 e. The average molecular weight is 310 g/mol. The highest BCUT2D eigenvalue weighted by molar-refractivity contribution is 5.97. The molecule has 1 aliphatic rings. The third-order valence-corrected chi connectivity index (χ3v) is 3.98. The van der Waals surface area contributed by atoms with Crippen molar-refractivity contribution in [2.45, 2.75) is 19.4 Å². The second kappa shape index (κ2) is 7.24. The van der Waals surface area contributed by atoms with Gasteiger partial charge >= 0.3 is 0 Å². The first-order valence-corrected chi connectivity index (χ1v) is 8.01. The number of nitrogens with one attached hydrogen (secondary N) is 1. The molecule has 5 nitrogen and oxygen atoms in total. The molecule has 0 fully saturated rings. The van der Waals surface area contributed by atoms with Crippen LogP contribution in [0.15, 0.2) is 53.8 Å². The summed E-state index contributed by atoms with van der Waals surface area (Å²) >= 11 is 0. The van der Waals surface area contributed by atoms with E-state index in [1.807, 2.05) is 18.2 Å². The number of hydrogen-bond donors (Lipinski definition) is 2. The van der Waals surface area contributed by atoms with Gasteiger partial charge in [0, 0.05) is 31.2 Å². The van der Waals surface area contributed by atoms with Gasteiger partial charge in [-0.1, -0.05) is 18.2 Å². The van der Waals surface area contributed by atoms with Gasteiger partial charge in [-0.05, 0) is 42.7 Å². The Labute approximate surface area is 136 Å². The molecule has 0 radical (unpaired) electrons. The van der Waals surface area contributed by atoms with Crippen LogP contribution < -0.4 is 10.2 Å². The van der Waals surface area contributed by atoms with Crippen molar-refractivity contribution in [3.63, 3.8) is 0 Å². The molecule has 2 heterocycles. The molecular formula is C18H22N4O. The number of aliphatic hydroxyl groups is 1. The summed E-state index contributed by atoms with van der Waals surface area (Å²) < 4.78 is 0. The van der Waals surface area contributed by atoms with Gasteiger partial charge in [-0.25, -0.2) is 4.99 Å². The van der Waals surface area contributed by atoms with Crippen molar-refractivity contribution in [1.82, 2.24) is 10.3 Å². The van der Waals surface area contributed by atoms with Gasteiger partial charge in [-0.3, -0.25) is 4.98 Å². The highest BCUT2D eigenvalue weighted by Gasteiger charge is 2.22. The second-order valence-corrected chi connectivity index (χ2v) is 5.52. The van der Waals surface area contributed by atoms with Crippen molar-refractivity contribution in [1.29, 1.82) is 0 Å². The first kappa shape index (κ1) is 15.5. The second-order valence-electron chi connectivity index (χ2n) is 5.52. The third kappa shape index (κ3) is 3.51. The van der Waals surface area contributed by atoms with Gasteiger partial charge in [0.15, 0.2) is 5.96 Å². The molecule has 1 unspecified atom stereocenters. The summed E-state index contributed by atoms with van der Waals surface area (Å²) in [5.41, 5.74) is 3.37. The minimum absolute atomic E-state index is 0.324. The Hall–Kier alpha value is -2.40. The Morgan fingerprint density at radius 3 is 2.87 bits per heavy atom. The van der Waals surface area contributed by atoms with Crippen LogP contribution in [-0.2, 0) is 6.42 Å². The zero-order valence-electron chi connectivity index (χ0n) is 13.3. The molecule has 5 heteroatoms. The van der Waals surface area contributed by atoms with Crippen LogP contribution in [0.2, 0.25) is 0 Å². The normalized spacial score (nSPS) is 15.4. The number of para-hydroxylation sites is 1. The highest BCUT2D eigenvalue weighted by Crippen LogP contribution is 2.27. The molecule has 1 atom stereocenters. The van der Waals surface area contributed by atoms with E-state index in [1.165, 1.54) is 11.3 Å². The summed E-state index contributed by atoms with van der Waals surface area (Å²) in [6.07, 6.45) is 3.77. The first-order chi connectivity index (χ1) is 11.3. The molecule has 120 valence electrons. The summed E-state index contributed by atoms with van der Waals surface area (Å²) in [6, 6.07) is 12.0. The number of anilines is 1. The van der Waals surface area contributed by atoms with E-state index in [9.17, 15) is 5.11 Å². The summed E-state index contributed by atoms with van der Waals surface area (Å²) in [5.74, 6) is 0.825. The Balaban J connectivity index is 1.77. The Morgan fingerprint density at radius 2 is 2.09 bits per heavy atom. The Bertz CT molecular complexity index is 672. The number of rotatable bonds is 4. The van der Waals surface area contributed by atoms with Gasteiger partial charge < -0.3 is 15.3 Å². The van der Waals surface area contributed by atoms with E-state index >= 15 is 0 Å². The molecule has 0 amide bonds. The van der Waals surface area contributed by atoms with Crippen LogP contribution in [0.1, 0.15) is 24.2 Å². The topological polar surface area (TPSA) is 60.8 Å². The highest BCUT2D eigenvalue weighted by atomic mass is 16.3. The van der Waals surface area contributed by atoms with E-state index in [2.05, 4.69) is 45.3 Å². The first-order valence-electron chi connectivity index (χ1n) is 8.01. The fraction of sp³-hybridized carbons (Fsp3) is 0.333. The van der Waals surface area contributed by atoms with Crippen molar-refractivity contribution in [2.75, 3.05) is 24.5 Å². The van der Waals surface area contributed by atoms with Gasteiger partial charge in [0.2, 0.25) is 0 Å². The van der Waals surface area contributed by atoms with Gasteiger partial charge in [-0.15, -0.1) is 0 Å². The lowest BCUT2D eigenvalue weighted by Gasteiger charge is -2.22. The lowest BCUT2D eigenvalue weighted by Crippen LogP contribution is -2.40. The van der Waals surface area contributed by atoms with Crippen molar-refractivity contribution >= 4 is 11.6 Å². The molecular weight excluding hydrogens is 288 g/mol. The van der Waals surface area contributed by atoms with Crippen LogP contribution in [0.25, 0.3) is 0 Å². The smallest absolute Gasteiger partial charge is 0.198 e. The quantitative estimate of drug-likeness (QED) is 0.671. The minimum atomic E-state index is -0.621. The van der Waals surface area contributed by atoms with Crippen LogP contribution in [0.5, 0.6) is 0 Å². The van der Waals surface area contributed by atoms with Crippen LogP contribution in [0.3, 0.4) is 0 Å². The molecule has 2 N–H and O–H groups in total. The number of hydrogen-bond acceptors (Lipinski definition) is 3. The zero-order valence-corrected chi connectivity index (χ0v) is 13.3. The van der Waals surface area contributed by atoms with Crippen molar-refractivity contribution in [3.05, 3.63) is 59.9 Å². The molecule has 1 aliphatic heterocycles. The van der Waals surface area contributed by atoms with Gasteiger partial charge in [-0.2, -0.15) is 0 Å². The van der Waals surface area contributed by atoms with Gasteiger partial charge in [0.1, 0.15) is 0 Å². The van der Waals surface area contributed by atoms with E-state index in [1.54, 1.807) is 12.4 Å². The van der Waals surface area contributed by atoms with Crippen LogP contribution >= 0.6 is 0 Å². The predicted molar refractivity (Wildman–Crippen MR) is 92.7 cm³/mol. The molecule has 1 aromatic carbocycles. The number of pyridine rings is 1. The van der Waals surface area contributed by atoms with E-state index in [0.717, 1.165) is 31.0 Å². The number of nitrogens with zero attached hydrogens (tertiary/aromatic N) is 3. The van der Waals surface area contributed by atoms with E-state index in [-0.39, 0.29) is 0 Å². The molecule has 2 aromatic rings. The summed E-state index contributed by atoms with van der Waals surface area (Å²) in [7, 11) is 0. The largest absolute Gasteiger partial charge is 0.386 e. The molecule has 0 aliphatic carbocycles. The van der Waals surface area contributed by atoms with Crippen LogP contribution in [0, 0.1) is 0 Å². The van der Waals surface area contributed by atoms with Crippen molar-refractivity contribution < 1.29 is 5.11 Å².